The quantitative estimate of drug-likeness (QED) is 0.408. The van der Waals surface area contributed by atoms with E-state index in [4.69, 9.17) is 9.47 Å². The summed E-state index contributed by atoms with van der Waals surface area (Å²) < 4.78 is 10.7. The minimum absolute atomic E-state index is 0.455. The number of rotatable bonds is 7. The highest BCUT2D eigenvalue weighted by Gasteiger charge is 2.06. The summed E-state index contributed by atoms with van der Waals surface area (Å²) in [6.07, 6.45) is 1.08. The molecule has 0 aromatic heterocycles. The van der Waals surface area contributed by atoms with Crippen LogP contribution in [-0.4, -0.2) is 18.6 Å². The molecule has 2 aromatic rings. The normalized spacial score (nSPS) is 12.7. The predicted octanol–water partition coefficient (Wildman–Crippen LogP) is 5.05. The van der Waals surface area contributed by atoms with Crippen LogP contribution in [0.3, 0.4) is 0 Å². The highest BCUT2D eigenvalue weighted by molar-refractivity contribution is 5.41. The van der Waals surface area contributed by atoms with Gasteiger partial charge < -0.3 is 14.7 Å². The summed E-state index contributed by atoms with van der Waals surface area (Å²) >= 11 is 0. The van der Waals surface area contributed by atoms with Crippen molar-refractivity contribution in [2.24, 2.45) is 11.0 Å². The monoisotopic (exact) mass is 314 g/mol. The van der Waals surface area contributed by atoms with E-state index >= 15 is 0 Å². The van der Waals surface area contributed by atoms with E-state index in [2.05, 4.69) is 19.0 Å². The van der Waals surface area contributed by atoms with E-state index in [0.29, 0.717) is 28.8 Å². The van der Waals surface area contributed by atoms with E-state index in [1.54, 1.807) is 55.6 Å². The lowest BCUT2D eigenvalue weighted by Gasteiger charge is -2.10. The SMILES string of the molecule is CCC(C)COc1ccc([N+]([O-])=Nc2ccc(OC)cc2)cc1. The number of hydrogen-bond acceptors (Lipinski definition) is 4. The van der Waals surface area contributed by atoms with Crippen molar-refractivity contribution in [2.75, 3.05) is 13.7 Å². The van der Waals surface area contributed by atoms with Crippen LogP contribution in [-0.2, 0) is 0 Å². The minimum Gasteiger partial charge on any atom is -0.594 e. The third-order valence-corrected chi connectivity index (χ3v) is 3.57. The zero-order chi connectivity index (χ0) is 16.7. The van der Waals surface area contributed by atoms with E-state index in [1.165, 1.54) is 0 Å². The molecule has 0 radical (unpaired) electrons. The number of methoxy groups -OCH3 is 1. The molecule has 0 amide bonds. The molecular formula is C18H22N2O3. The molecule has 0 N–H and O–H groups in total. The van der Waals surface area contributed by atoms with Crippen LogP contribution in [0.5, 0.6) is 11.5 Å². The van der Waals surface area contributed by atoms with Crippen molar-refractivity contribution in [3.63, 3.8) is 0 Å². The molecule has 2 rings (SSSR count). The molecule has 0 saturated carbocycles. The molecule has 0 bridgehead atoms. The van der Waals surface area contributed by atoms with Crippen molar-refractivity contribution >= 4 is 11.4 Å². The maximum Gasteiger partial charge on any atom is 0.245 e. The Morgan fingerprint density at radius 3 is 2.22 bits per heavy atom. The second-order valence-electron chi connectivity index (χ2n) is 5.39. The Balaban J connectivity index is 2.03. The summed E-state index contributed by atoms with van der Waals surface area (Å²) in [5, 5.41) is 16.1. The molecule has 122 valence electrons. The van der Waals surface area contributed by atoms with E-state index in [9.17, 15) is 5.21 Å². The molecule has 0 heterocycles. The van der Waals surface area contributed by atoms with Crippen molar-refractivity contribution < 1.29 is 14.3 Å². The molecule has 0 saturated heterocycles. The molecule has 2 aromatic carbocycles. The van der Waals surface area contributed by atoms with Crippen LogP contribution in [0.2, 0.25) is 0 Å². The highest BCUT2D eigenvalue weighted by atomic mass is 16.5. The summed E-state index contributed by atoms with van der Waals surface area (Å²) in [4.78, 5) is 0.597. The lowest BCUT2D eigenvalue weighted by atomic mass is 10.1. The second-order valence-corrected chi connectivity index (χ2v) is 5.39. The molecule has 1 atom stereocenters. The molecule has 5 nitrogen and oxygen atoms in total. The fourth-order valence-corrected chi connectivity index (χ4v) is 1.84. The third-order valence-electron chi connectivity index (χ3n) is 3.57. The Morgan fingerprint density at radius 2 is 1.65 bits per heavy atom. The van der Waals surface area contributed by atoms with E-state index in [1.807, 2.05) is 0 Å². The van der Waals surface area contributed by atoms with Crippen molar-refractivity contribution in [3.8, 4) is 11.5 Å². The van der Waals surface area contributed by atoms with Crippen LogP contribution in [0.25, 0.3) is 0 Å². The van der Waals surface area contributed by atoms with Crippen LogP contribution in [0.15, 0.2) is 53.6 Å². The summed E-state index contributed by atoms with van der Waals surface area (Å²) in [6, 6.07) is 14.0. The summed E-state index contributed by atoms with van der Waals surface area (Å²) in [6.45, 7) is 4.95. The summed E-state index contributed by atoms with van der Waals surface area (Å²) in [5.41, 5.74) is 1.02. The van der Waals surface area contributed by atoms with Crippen LogP contribution >= 0.6 is 0 Å². The van der Waals surface area contributed by atoms with Gasteiger partial charge in [-0.15, -0.1) is 0 Å². The van der Waals surface area contributed by atoms with Gasteiger partial charge >= 0.3 is 0 Å². The van der Waals surface area contributed by atoms with Crippen LogP contribution < -0.4 is 9.47 Å². The largest absolute Gasteiger partial charge is 0.594 e. The maximum atomic E-state index is 12.1. The number of ether oxygens (including phenoxy) is 2. The first-order chi connectivity index (χ1) is 11.1. The molecule has 0 aliphatic carbocycles. The molecule has 0 aliphatic heterocycles. The number of hydrogen-bond donors (Lipinski definition) is 0. The smallest absolute Gasteiger partial charge is 0.245 e. The standard InChI is InChI=1S/C18H22N2O3/c1-4-14(2)13-23-18-11-7-16(8-12-18)20(21)19-15-5-9-17(22-3)10-6-15/h5-12,14H,4,13H2,1-3H3. The van der Waals surface area contributed by atoms with Gasteiger partial charge in [-0.05, 0) is 42.3 Å². The maximum absolute atomic E-state index is 12.1. The minimum atomic E-state index is 0.455. The highest BCUT2D eigenvalue weighted by Crippen LogP contribution is 2.22. The average Bonchev–Trinajstić information content (AvgIpc) is 2.60. The third kappa shape index (κ3) is 4.98. The van der Waals surface area contributed by atoms with Gasteiger partial charge in [-0.2, -0.15) is 0 Å². The summed E-state index contributed by atoms with van der Waals surface area (Å²) in [7, 11) is 1.59. The van der Waals surface area contributed by atoms with E-state index in [0.717, 1.165) is 17.9 Å². The topological polar surface area (TPSA) is 56.9 Å². The van der Waals surface area contributed by atoms with Gasteiger partial charge in [0.1, 0.15) is 17.2 Å². The molecule has 0 spiro atoms. The Morgan fingerprint density at radius 1 is 1.04 bits per heavy atom. The van der Waals surface area contributed by atoms with Crippen molar-refractivity contribution in [3.05, 3.63) is 53.7 Å². The van der Waals surface area contributed by atoms with Crippen molar-refractivity contribution in [1.82, 2.24) is 0 Å². The lowest BCUT2D eigenvalue weighted by molar-refractivity contribution is -0.435. The lowest BCUT2D eigenvalue weighted by Crippen LogP contribution is -2.07. The second kappa shape index (κ2) is 8.17. The average molecular weight is 314 g/mol. The van der Waals surface area contributed by atoms with Gasteiger partial charge in [-0.3, -0.25) is 0 Å². The Hall–Kier alpha value is -2.56. The van der Waals surface area contributed by atoms with Crippen molar-refractivity contribution in [1.29, 1.82) is 0 Å². The zero-order valence-electron chi connectivity index (χ0n) is 13.7. The van der Waals surface area contributed by atoms with Crippen molar-refractivity contribution in [2.45, 2.75) is 20.3 Å². The van der Waals surface area contributed by atoms with Gasteiger partial charge in [0, 0.05) is 17.2 Å². The first-order valence-electron chi connectivity index (χ1n) is 7.68. The Bertz CT molecular complexity index is 636. The molecule has 0 aliphatic rings. The summed E-state index contributed by atoms with van der Waals surface area (Å²) in [5.74, 6) is 1.99. The first-order valence-corrected chi connectivity index (χ1v) is 7.68. The van der Waals surface area contributed by atoms with Gasteiger partial charge in [-0.1, -0.05) is 25.1 Å². The van der Waals surface area contributed by atoms with Crippen LogP contribution in [0.4, 0.5) is 11.4 Å². The molecule has 0 fully saturated rings. The molecular weight excluding hydrogens is 292 g/mol. The number of nitrogens with zero attached hydrogens (tertiary/aromatic N) is 2. The fourth-order valence-electron chi connectivity index (χ4n) is 1.84. The van der Waals surface area contributed by atoms with E-state index in [-0.39, 0.29) is 0 Å². The van der Waals surface area contributed by atoms with Gasteiger partial charge in [0.2, 0.25) is 5.69 Å². The van der Waals surface area contributed by atoms with Gasteiger partial charge in [-0.25, -0.2) is 0 Å². The molecule has 1 unspecified atom stereocenters. The van der Waals surface area contributed by atoms with Gasteiger partial charge in [0.15, 0.2) is 0 Å². The Kier molecular flexibility index (Phi) is 5.97. The van der Waals surface area contributed by atoms with E-state index < -0.39 is 0 Å². The Labute approximate surface area is 136 Å². The van der Waals surface area contributed by atoms with Gasteiger partial charge in [0.25, 0.3) is 0 Å². The molecule has 5 heteroatoms. The number of azo groups is 1. The van der Waals surface area contributed by atoms with Gasteiger partial charge in [0.05, 0.1) is 13.7 Å². The van der Waals surface area contributed by atoms with Crippen LogP contribution in [0, 0.1) is 11.1 Å². The predicted molar refractivity (Wildman–Crippen MR) is 89.8 cm³/mol. The fraction of sp³-hybridized carbons (Fsp3) is 0.333. The zero-order valence-corrected chi connectivity index (χ0v) is 13.7. The molecule has 23 heavy (non-hydrogen) atoms. The van der Waals surface area contributed by atoms with Crippen LogP contribution in [0.1, 0.15) is 20.3 Å². The number of benzene rings is 2. The first kappa shape index (κ1) is 16.8.